The molecule has 0 saturated carbocycles. The fourth-order valence-electron chi connectivity index (χ4n) is 2.09. The molecule has 1 unspecified atom stereocenters. The Labute approximate surface area is 142 Å². The van der Waals surface area contributed by atoms with E-state index >= 15 is 0 Å². The van der Waals surface area contributed by atoms with Crippen molar-refractivity contribution in [3.05, 3.63) is 62.5 Å². The monoisotopic (exact) mass is 353 g/mol. The number of amides is 1. The molecule has 0 spiro atoms. The van der Waals surface area contributed by atoms with Crippen molar-refractivity contribution in [1.29, 1.82) is 0 Å². The van der Waals surface area contributed by atoms with Gasteiger partial charge >= 0.3 is 0 Å². The molecule has 0 aliphatic carbocycles. The van der Waals surface area contributed by atoms with E-state index in [9.17, 15) is 14.0 Å². The van der Waals surface area contributed by atoms with Crippen LogP contribution >= 0.6 is 11.6 Å². The van der Waals surface area contributed by atoms with Gasteiger partial charge in [-0.3, -0.25) is 9.59 Å². The minimum atomic E-state index is -0.970. The van der Waals surface area contributed by atoms with E-state index in [1.165, 1.54) is 18.2 Å². The summed E-state index contributed by atoms with van der Waals surface area (Å²) in [4.78, 5) is 30.0. The molecule has 0 aliphatic rings. The number of halogens is 2. The van der Waals surface area contributed by atoms with Crippen LogP contribution in [-0.2, 0) is 24.3 Å². The predicted molar refractivity (Wildman–Crippen MR) is 87.7 cm³/mol. The number of benzene rings is 1. The Balaban J connectivity index is 1.98. The first-order chi connectivity index (χ1) is 11.4. The van der Waals surface area contributed by atoms with E-state index in [4.69, 9.17) is 23.1 Å². The molecule has 1 atom stereocenters. The van der Waals surface area contributed by atoms with Gasteiger partial charge in [0.1, 0.15) is 11.6 Å². The van der Waals surface area contributed by atoms with Crippen LogP contribution in [0.5, 0.6) is 0 Å². The molecule has 1 aromatic heterocycles. The van der Waals surface area contributed by atoms with Gasteiger partial charge in [0.05, 0.1) is 23.3 Å². The molecule has 7 nitrogen and oxygen atoms in total. The summed E-state index contributed by atoms with van der Waals surface area (Å²) >= 11 is 5.69. The summed E-state index contributed by atoms with van der Waals surface area (Å²) in [5.41, 5.74) is 11.5. The number of carbonyl (C=O) groups excluding carboxylic acids is 1. The van der Waals surface area contributed by atoms with Crippen molar-refractivity contribution in [3.63, 3.8) is 0 Å². The van der Waals surface area contributed by atoms with Gasteiger partial charge in [0.15, 0.2) is 0 Å². The lowest BCUT2D eigenvalue weighted by Crippen LogP contribution is -2.42. The highest BCUT2D eigenvalue weighted by Gasteiger charge is 2.17. The van der Waals surface area contributed by atoms with E-state index in [0.29, 0.717) is 5.69 Å². The maximum Gasteiger partial charge on any atom is 0.251 e. The first kappa shape index (κ1) is 18.1. The van der Waals surface area contributed by atoms with Crippen molar-refractivity contribution >= 4 is 17.5 Å². The molecule has 2 rings (SSSR count). The van der Waals surface area contributed by atoms with E-state index in [1.807, 2.05) is 0 Å². The van der Waals surface area contributed by atoms with Crippen LogP contribution in [0.2, 0.25) is 5.02 Å². The maximum atomic E-state index is 13.8. The number of hydrogen-bond acceptors (Lipinski definition) is 5. The largest absolute Gasteiger partial charge is 0.348 e. The maximum absolute atomic E-state index is 13.8. The van der Waals surface area contributed by atoms with Crippen LogP contribution in [0.4, 0.5) is 4.39 Å². The standard InChI is InChI=1S/C15H17ClFN5O2/c16-10-3-1-2-8(14(10)17)4-11(19)15(24)20-7-12-21-9(6-18)5-13(23)22-12/h1-3,5,11H,4,6-7,18-19H2,(H,20,24)(H,21,22,23). The molecule has 1 amide bonds. The van der Waals surface area contributed by atoms with Crippen molar-refractivity contribution in [1.82, 2.24) is 15.3 Å². The summed E-state index contributed by atoms with van der Waals surface area (Å²) in [6.45, 7) is 0.0894. The Kier molecular flexibility index (Phi) is 6.02. The molecule has 2 aromatic rings. The van der Waals surface area contributed by atoms with Crippen molar-refractivity contribution in [3.8, 4) is 0 Å². The summed E-state index contributed by atoms with van der Waals surface area (Å²) in [6, 6.07) is 4.82. The fourth-order valence-corrected chi connectivity index (χ4v) is 2.28. The summed E-state index contributed by atoms with van der Waals surface area (Å²) in [5, 5.41) is 2.51. The average molecular weight is 354 g/mol. The van der Waals surface area contributed by atoms with Gasteiger partial charge in [-0.1, -0.05) is 23.7 Å². The van der Waals surface area contributed by atoms with E-state index in [2.05, 4.69) is 15.3 Å². The van der Waals surface area contributed by atoms with Gasteiger partial charge in [0.25, 0.3) is 5.56 Å². The van der Waals surface area contributed by atoms with E-state index in [1.54, 1.807) is 6.07 Å². The second kappa shape index (κ2) is 8.00. The van der Waals surface area contributed by atoms with Crippen molar-refractivity contribution < 1.29 is 9.18 Å². The molecule has 0 bridgehead atoms. The molecule has 9 heteroatoms. The number of nitrogens with two attached hydrogens (primary N) is 2. The van der Waals surface area contributed by atoms with Gasteiger partial charge in [-0.05, 0) is 18.1 Å². The van der Waals surface area contributed by atoms with E-state index < -0.39 is 17.8 Å². The molecule has 6 N–H and O–H groups in total. The lowest BCUT2D eigenvalue weighted by Gasteiger charge is -2.13. The lowest BCUT2D eigenvalue weighted by molar-refractivity contribution is -0.122. The number of hydrogen-bond donors (Lipinski definition) is 4. The Morgan fingerprint density at radius 1 is 1.46 bits per heavy atom. The SMILES string of the molecule is NCc1cc(=O)[nH]c(CNC(=O)C(N)Cc2cccc(Cl)c2F)n1. The number of aromatic nitrogens is 2. The molecular formula is C15H17ClFN5O2. The highest BCUT2D eigenvalue weighted by molar-refractivity contribution is 6.30. The second-order valence-electron chi connectivity index (χ2n) is 5.13. The number of rotatable bonds is 6. The van der Waals surface area contributed by atoms with Gasteiger partial charge < -0.3 is 21.8 Å². The molecule has 1 heterocycles. The third kappa shape index (κ3) is 4.60. The molecule has 0 saturated heterocycles. The van der Waals surface area contributed by atoms with Gasteiger partial charge in [-0.15, -0.1) is 0 Å². The third-order valence-electron chi connectivity index (χ3n) is 3.29. The number of carbonyl (C=O) groups is 1. The van der Waals surface area contributed by atoms with Crippen molar-refractivity contribution in [2.24, 2.45) is 11.5 Å². The fraction of sp³-hybridized carbons (Fsp3) is 0.267. The Morgan fingerprint density at radius 2 is 2.21 bits per heavy atom. The first-order valence-electron chi connectivity index (χ1n) is 7.16. The zero-order valence-electron chi connectivity index (χ0n) is 12.7. The summed E-state index contributed by atoms with van der Waals surface area (Å²) in [5.74, 6) is -0.836. The predicted octanol–water partition coefficient (Wildman–Crippen LogP) is 0.207. The van der Waals surface area contributed by atoms with Gasteiger partial charge in [-0.25, -0.2) is 9.37 Å². The first-order valence-corrected chi connectivity index (χ1v) is 7.54. The zero-order chi connectivity index (χ0) is 17.7. The normalized spacial score (nSPS) is 12.0. The highest BCUT2D eigenvalue weighted by Crippen LogP contribution is 2.18. The van der Waals surface area contributed by atoms with Gasteiger partial charge in [-0.2, -0.15) is 0 Å². The Morgan fingerprint density at radius 3 is 2.92 bits per heavy atom. The third-order valence-corrected chi connectivity index (χ3v) is 3.58. The van der Waals surface area contributed by atoms with Crippen LogP contribution in [0.3, 0.4) is 0 Å². The molecule has 128 valence electrons. The van der Waals surface area contributed by atoms with Crippen LogP contribution in [-0.4, -0.2) is 21.9 Å². The highest BCUT2D eigenvalue weighted by atomic mass is 35.5. The Hall–Kier alpha value is -2.29. The van der Waals surface area contributed by atoms with Crippen molar-refractivity contribution in [2.45, 2.75) is 25.6 Å². The summed E-state index contributed by atoms with van der Waals surface area (Å²) in [6.07, 6.45) is -0.00891. The zero-order valence-corrected chi connectivity index (χ0v) is 13.4. The van der Waals surface area contributed by atoms with Crippen LogP contribution in [0, 0.1) is 5.82 Å². The van der Waals surface area contributed by atoms with Crippen molar-refractivity contribution in [2.75, 3.05) is 0 Å². The minimum Gasteiger partial charge on any atom is -0.348 e. The van der Waals surface area contributed by atoms with E-state index in [-0.39, 0.29) is 41.5 Å². The van der Waals surface area contributed by atoms with Crippen LogP contribution < -0.4 is 22.3 Å². The number of nitrogens with zero attached hydrogens (tertiary/aromatic N) is 1. The molecule has 0 aliphatic heterocycles. The smallest absolute Gasteiger partial charge is 0.251 e. The quantitative estimate of drug-likeness (QED) is 0.590. The topological polar surface area (TPSA) is 127 Å². The van der Waals surface area contributed by atoms with Gasteiger partial charge in [0.2, 0.25) is 5.91 Å². The number of aromatic amines is 1. The molecule has 1 aromatic carbocycles. The average Bonchev–Trinajstić information content (AvgIpc) is 2.56. The molecule has 24 heavy (non-hydrogen) atoms. The van der Waals surface area contributed by atoms with E-state index in [0.717, 1.165) is 0 Å². The molecular weight excluding hydrogens is 337 g/mol. The van der Waals surface area contributed by atoms with Crippen LogP contribution in [0.1, 0.15) is 17.1 Å². The molecule has 0 fully saturated rings. The summed E-state index contributed by atoms with van der Waals surface area (Å²) < 4.78 is 13.8. The number of nitrogens with one attached hydrogen (secondary N) is 2. The minimum absolute atomic E-state index is 0.00891. The van der Waals surface area contributed by atoms with Crippen LogP contribution in [0.15, 0.2) is 29.1 Å². The van der Waals surface area contributed by atoms with Crippen LogP contribution in [0.25, 0.3) is 0 Å². The van der Waals surface area contributed by atoms with Gasteiger partial charge in [0, 0.05) is 12.6 Å². The lowest BCUT2D eigenvalue weighted by atomic mass is 10.1. The second-order valence-corrected chi connectivity index (χ2v) is 5.54. The molecule has 0 radical (unpaired) electrons. The summed E-state index contributed by atoms with van der Waals surface area (Å²) in [7, 11) is 0. The Bertz CT molecular complexity index is 796. The number of H-pyrrole nitrogens is 1.